The van der Waals surface area contributed by atoms with E-state index in [9.17, 15) is 9.90 Å². The molecule has 5 rings (SSSR count). The van der Waals surface area contributed by atoms with Crippen LogP contribution in [0.4, 0.5) is 0 Å². The van der Waals surface area contributed by atoms with Crippen molar-refractivity contribution in [2.24, 2.45) is 11.7 Å². The summed E-state index contributed by atoms with van der Waals surface area (Å²) in [7, 11) is 1.73. The number of benzene rings is 1. The first-order valence-corrected chi connectivity index (χ1v) is 13.0. The molecule has 2 aliphatic carbocycles. The van der Waals surface area contributed by atoms with Crippen LogP contribution in [0.5, 0.6) is 0 Å². The van der Waals surface area contributed by atoms with Crippen LogP contribution in [0, 0.1) is 12.8 Å². The minimum atomic E-state index is -0.603. The summed E-state index contributed by atoms with van der Waals surface area (Å²) in [6.45, 7) is 3.61. The molecule has 1 saturated carbocycles. The number of furan rings is 1. The molecule has 2 fully saturated rings. The summed E-state index contributed by atoms with van der Waals surface area (Å²) in [4.78, 5) is 15.2. The van der Waals surface area contributed by atoms with Crippen LogP contribution < -0.4 is 5.73 Å². The Balaban J connectivity index is 1.44. The number of hydrogen-bond acceptors (Lipinski definition) is 6. The summed E-state index contributed by atoms with van der Waals surface area (Å²) in [5.41, 5.74) is 9.18. The SMILES string of the molecule is COCCCC[C@]12OCN(C(=O)[C@H]3C[C@@H](N)[C@@H](O)C3)CCC[C@H]1c1cccc(-c3ccc(C)o3)c12. The summed E-state index contributed by atoms with van der Waals surface area (Å²) in [5.74, 6) is 1.87. The maximum absolute atomic E-state index is 13.4. The van der Waals surface area contributed by atoms with E-state index in [0.29, 0.717) is 25.3 Å². The van der Waals surface area contributed by atoms with Gasteiger partial charge in [-0.2, -0.15) is 0 Å². The summed E-state index contributed by atoms with van der Waals surface area (Å²) >= 11 is 0. The van der Waals surface area contributed by atoms with Gasteiger partial charge in [-0.15, -0.1) is 0 Å². The van der Waals surface area contributed by atoms with Gasteiger partial charge < -0.3 is 29.6 Å². The number of ether oxygens (including phenoxy) is 2. The van der Waals surface area contributed by atoms with Crippen LogP contribution in [0.2, 0.25) is 0 Å². The van der Waals surface area contributed by atoms with Crippen molar-refractivity contribution in [1.29, 1.82) is 0 Å². The molecule has 35 heavy (non-hydrogen) atoms. The Bertz CT molecular complexity index is 1040. The molecule has 5 atom stereocenters. The molecular weight excluding hydrogens is 444 g/mol. The van der Waals surface area contributed by atoms with Crippen LogP contribution in [0.25, 0.3) is 11.3 Å². The number of unbranched alkanes of at least 4 members (excludes halogenated alkanes) is 1. The number of aliphatic hydroxyl groups is 1. The number of aryl methyl sites for hydroxylation is 1. The first-order valence-electron chi connectivity index (χ1n) is 13.0. The number of carbonyl (C=O) groups excluding carboxylic acids is 1. The zero-order valence-corrected chi connectivity index (χ0v) is 20.9. The summed E-state index contributed by atoms with van der Waals surface area (Å²) in [5, 5.41) is 10.1. The Labute approximate surface area is 207 Å². The molecular formula is C28H38N2O5. The fourth-order valence-electron chi connectivity index (χ4n) is 6.46. The van der Waals surface area contributed by atoms with E-state index in [1.807, 2.05) is 24.0 Å². The molecule has 1 aromatic carbocycles. The Hall–Kier alpha value is -2.19. The number of nitrogens with zero attached hydrogens (tertiary/aromatic N) is 1. The second-order valence-electron chi connectivity index (χ2n) is 10.5. The lowest BCUT2D eigenvalue weighted by Gasteiger charge is -2.54. The zero-order chi connectivity index (χ0) is 24.6. The predicted octanol–water partition coefficient (Wildman–Crippen LogP) is 4.06. The third-order valence-electron chi connectivity index (χ3n) is 8.25. The predicted molar refractivity (Wildman–Crippen MR) is 133 cm³/mol. The molecule has 190 valence electrons. The van der Waals surface area contributed by atoms with Crippen LogP contribution in [-0.2, 0) is 19.9 Å². The van der Waals surface area contributed by atoms with Gasteiger partial charge in [0.2, 0.25) is 5.91 Å². The normalized spacial score (nSPS) is 30.2. The molecule has 0 bridgehead atoms. The number of carbonyl (C=O) groups is 1. The monoisotopic (exact) mass is 482 g/mol. The summed E-state index contributed by atoms with van der Waals surface area (Å²) in [6.07, 6.45) is 5.07. The van der Waals surface area contributed by atoms with Crippen LogP contribution in [0.15, 0.2) is 34.7 Å². The molecule has 0 radical (unpaired) electrons. The molecule has 7 nitrogen and oxygen atoms in total. The number of nitrogens with two attached hydrogens (primary N) is 1. The average Bonchev–Trinajstić information content (AvgIpc) is 3.42. The molecule has 2 heterocycles. The Morgan fingerprint density at radius 3 is 2.83 bits per heavy atom. The van der Waals surface area contributed by atoms with Gasteiger partial charge in [0.25, 0.3) is 0 Å². The van der Waals surface area contributed by atoms with E-state index in [2.05, 4.69) is 18.2 Å². The van der Waals surface area contributed by atoms with E-state index in [4.69, 9.17) is 19.6 Å². The van der Waals surface area contributed by atoms with Crippen LogP contribution >= 0.6 is 0 Å². The minimum absolute atomic E-state index is 0.0551. The highest BCUT2D eigenvalue weighted by Crippen LogP contribution is 2.60. The molecule has 0 unspecified atom stereocenters. The Morgan fingerprint density at radius 2 is 2.11 bits per heavy atom. The van der Waals surface area contributed by atoms with Crippen molar-refractivity contribution < 1.29 is 23.8 Å². The lowest BCUT2D eigenvalue weighted by molar-refractivity contribution is -0.168. The molecule has 3 N–H and O–H groups in total. The first-order chi connectivity index (χ1) is 16.9. The van der Waals surface area contributed by atoms with Crippen molar-refractivity contribution in [2.45, 2.75) is 75.5 Å². The van der Waals surface area contributed by atoms with Crippen molar-refractivity contribution in [1.82, 2.24) is 4.90 Å². The maximum atomic E-state index is 13.4. The number of amides is 1. The van der Waals surface area contributed by atoms with Crippen molar-refractivity contribution >= 4 is 5.91 Å². The number of rotatable bonds is 7. The Kier molecular flexibility index (Phi) is 7.04. The molecule has 1 aromatic heterocycles. The van der Waals surface area contributed by atoms with Gasteiger partial charge in [0.1, 0.15) is 23.9 Å². The Morgan fingerprint density at radius 1 is 1.26 bits per heavy atom. The molecule has 0 spiro atoms. The van der Waals surface area contributed by atoms with Crippen molar-refractivity contribution in [3.63, 3.8) is 0 Å². The number of hydrogen-bond donors (Lipinski definition) is 2. The summed E-state index contributed by atoms with van der Waals surface area (Å²) in [6, 6.07) is 10.2. The summed E-state index contributed by atoms with van der Waals surface area (Å²) < 4.78 is 18.2. The molecule has 1 amide bonds. The number of fused-ring (bicyclic) bond motifs is 4. The number of methoxy groups -OCH3 is 1. The highest BCUT2D eigenvalue weighted by Gasteiger charge is 2.54. The van der Waals surface area contributed by atoms with Gasteiger partial charge in [-0.1, -0.05) is 18.2 Å². The van der Waals surface area contributed by atoms with Crippen LogP contribution in [-0.4, -0.2) is 55.1 Å². The van der Waals surface area contributed by atoms with Gasteiger partial charge in [-0.05, 0) is 75.1 Å². The van der Waals surface area contributed by atoms with Gasteiger partial charge in [0.15, 0.2) is 0 Å². The van der Waals surface area contributed by atoms with E-state index in [1.165, 1.54) is 11.1 Å². The fourth-order valence-corrected chi connectivity index (χ4v) is 6.46. The van der Waals surface area contributed by atoms with Crippen molar-refractivity contribution in [2.75, 3.05) is 27.0 Å². The topological polar surface area (TPSA) is 98.2 Å². The third-order valence-corrected chi connectivity index (χ3v) is 8.25. The van der Waals surface area contributed by atoms with Gasteiger partial charge in [0, 0.05) is 43.7 Å². The highest BCUT2D eigenvalue weighted by molar-refractivity contribution is 5.79. The van der Waals surface area contributed by atoms with Gasteiger partial charge in [-0.25, -0.2) is 0 Å². The maximum Gasteiger partial charge on any atom is 0.227 e. The molecule has 3 aliphatic rings. The lowest BCUT2D eigenvalue weighted by Crippen LogP contribution is -2.52. The quantitative estimate of drug-likeness (QED) is 0.578. The van der Waals surface area contributed by atoms with Crippen molar-refractivity contribution in [3.05, 3.63) is 47.2 Å². The molecule has 7 heteroatoms. The fraction of sp³-hybridized carbons (Fsp3) is 0.607. The third kappa shape index (κ3) is 4.44. The zero-order valence-electron chi connectivity index (χ0n) is 20.9. The lowest BCUT2D eigenvalue weighted by atomic mass is 9.58. The minimum Gasteiger partial charge on any atom is -0.461 e. The molecule has 2 aromatic rings. The molecule has 1 saturated heterocycles. The van der Waals surface area contributed by atoms with Crippen LogP contribution in [0.3, 0.4) is 0 Å². The van der Waals surface area contributed by atoms with Gasteiger partial charge in [0.05, 0.1) is 6.10 Å². The van der Waals surface area contributed by atoms with E-state index in [0.717, 1.165) is 55.8 Å². The average molecular weight is 483 g/mol. The molecule has 1 aliphatic heterocycles. The van der Waals surface area contributed by atoms with Crippen molar-refractivity contribution in [3.8, 4) is 11.3 Å². The van der Waals surface area contributed by atoms with E-state index in [-0.39, 0.29) is 24.6 Å². The van der Waals surface area contributed by atoms with Crippen LogP contribution in [0.1, 0.15) is 67.8 Å². The first kappa shape index (κ1) is 24.5. The second-order valence-corrected chi connectivity index (χ2v) is 10.5. The van der Waals surface area contributed by atoms with Gasteiger partial charge in [-0.3, -0.25) is 4.79 Å². The van der Waals surface area contributed by atoms with E-state index in [1.54, 1.807) is 7.11 Å². The largest absolute Gasteiger partial charge is 0.461 e. The smallest absolute Gasteiger partial charge is 0.227 e. The standard InChI is InChI=1S/C28H38N2O5/c1-18-10-11-25(35-18)21-8-5-7-20-22-9-6-13-30(27(32)19-15-23(29)24(31)16-19)17-34-28(22,26(20)21)12-3-4-14-33-2/h5,7-8,10-11,19,22-24,31H,3-4,6,9,12-17,29H2,1-2H3/t19-,22-,23+,24-,28-/m0/s1. The highest BCUT2D eigenvalue weighted by atomic mass is 16.5. The van der Waals surface area contributed by atoms with E-state index < -0.39 is 11.7 Å². The second kappa shape index (κ2) is 10.1. The number of aliphatic hydroxyl groups excluding tert-OH is 1. The van der Waals surface area contributed by atoms with Gasteiger partial charge >= 0.3 is 0 Å². The van der Waals surface area contributed by atoms with E-state index >= 15 is 0 Å².